The van der Waals surface area contributed by atoms with Gasteiger partial charge in [-0.3, -0.25) is 4.90 Å². The first kappa shape index (κ1) is 11.1. The molecule has 1 unspecified atom stereocenters. The smallest absolute Gasteiger partial charge is 0.0991 e. The molecule has 1 aliphatic rings. The van der Waals surface area contributed by atoms with Crippen LogP contribution >= 0.6 is 0 Å². The number of hydrogen-bond acceptors (Lipinski definition) is 3. The highest BCUT2D eigenvalue weighted by atomic mass is 16.5. The Morgan fingerprint density at radius 3 is 2.81 bits per heavy atom. The highest BCUT2D eigenvalue weighted by Gasteiger charge is 2.18. The van der Waals surface area contributed by atoms with Gasteiger partial charge in [0.05, 0.1) is 24.8 Å². The molecule has 84 valence electrons. The molecule has 0 saturated carbocycles. The van der Waals surface area contributed by atoms with Gasteiger partial charge < -0.3 is 4.74 Å². The average molecular weight is 216 g/mol. The van der Waals surface area contributed by atoms with Crippen molar-refractivity contribution in [3.8, 4) is 6.07 Å². The molecule has 0 radical (unpaired) electrons. The molecule has 1 fully saturated rings. The van der Waals surface area contributed by atoms with Crippen LogP contribution in [-0.2, 0) is 11.3 Å². The average Bonchev–Trinajstić information content (AvgIpc) is 2.33. The molecule has 0 spiro atoms. The van der Waals surface area contributed by atoms with Crippen molar-refractivity contribution in [3.63, 3.8) is 0 Å². The largest absolute Gasteiger partial charge is 0.379 e. The Bertz CT molecular complexity index is 380. The number of ether oxygens (including phenoxy) is 1. The first-order valence-electron chi connectivity index (χ1n) is 5.60. The van der Waals surface area contributed by atoms with Crippen molar-refractivity contribution >= 4 is 0 Å². The van der Waals surface area contributed by atoms with Gasteiger partial charge in [0.2, 0.25) is 0 Å². The summed E-state index contributed by atoms with van der Waals surface area (Å²) in [6.07, 6.45) is 0. The summed E-state index contributed by atoms with van der Waals surface area (Å²) in [6.45, 7) is 5.75. The van der Waals surface area contributed by atoms with Crippen molar-refractivity contribution in [2.24, 2.45) is 0 Å². The number of nitrogens with zero attached hydrogens (tertiary/aromatic N) is 2. The maximum atomic E-state index is 8.72. The van der Waals surface area contributed by atoms with Crippen molar-refractivity contribution < 1.29 is 4.74 Å². The van der Waals surface area contributed by atoms with Gasteiger partial charge in [0.25, 0.3) is 0 Å². The summed E-state index contributed by atoms with van der Waals surface area (Å²) in [6, 6.07) is 10.4. The summed E-state index contributed by atoms with van der Waals surface area (Å²) in [4.78, 5) is 2.41. The quantitative estimate of drug-likeness (QED) is 0.756. The Hall–Kier alpha value is -1.37. The number of morpholine rings is 1. The monoisotopic (exact) mass is 216 g/mol. The van der Waals surface area contributed by atoms with E-state index in [0.717, 1.165) is 31.9 Å². The van der Waals surface area contributed by atoms with Crippen LogP contribution in [0, 0.1) is 11.3 Å². The first-order chi connectivity index (χ1) is 7.79. The normalized spacial score (nSPS) is 21.6. The number of hydrogen-bond donors (Lipinski definition) is 0. The van der Waals surface area contributed by atoms with E-state index in [2.05, 4.69) is 17.9 Å². The molecule has 0 amide bonds. The summed E-state index contributed by atoms with van der Waals surface area (Å²) < 4.78 is 5.40. The van der Waals surface area contributed by atoms with E-state index in [1.807, 2.05) is 24.3 Å². The van der Waals surface area contributed by atoms with Crippen LogP contribution in [0.15, 0.2) is 24.3 Å². The van der Waals surface area contributed by atoms with Crippen LogP contribution < -0.4 is 0 Å². The van der Waals surface area contributed by atoms with Gasteiger partial charge in [-0.25, -0.2) is 0 Å². The molecule has 0 aliphatic carbocycles. The highest BCUT2D eigenvalue weighted by molar-refractivity contribution is 5.31. The summed E-state index contributed by atoms with van der Waals surface area (Å²) in [5.74, 6) is 0. The Balaban J connectivity index is 2.00. The Morgan fingerprint density at radius 2 is 2.19 bits per heavy atom. The van der Waals surface area contributed by atoms with Crippen molar-refractivity contribution in [2.45, 2.75) is 19.5 Å². The van der Waals surface area contributed by atoms with Crippen LogP contribution in [0.1, 0.15) is 18.1 Å². The topological polar surface area (TPSA) is 36.3 Å². The van der Waals surface area contributed by atoms with E-state index in [0.29, 0.717) is 6.04 Å². The molecule has 2 rings (SSSR count). The standard InChI is InChI=1S/C13H16N2O/c1-11-10-16-7-6-15(11)9-13-4-2-12(8-14)3-5-13/h2-5,11H,6-7,9-10H2,1H3. The molecule has 0 N–H and O–H groups in total. The van der Waals surface area contributed by atoms with E-state index in [1.54, 1.807) is 0 Å². The fourth-order valence-corrected chi connectivity index (χ4v) is 1.92. The molecule has 1 aliphatic heterocycles. The molecule has 3 heteroatoms. The van der Waals surface area contributed by atoms with E-state index in [9.17, 15) is 0 Å². The third-order valence-electron chi connectivity index (χ3n) is 2.97. The predicted molar refractivity (Wildman–Crippen MR) is 61.8 cm³/mol. The van der Waals surface area contributed by atoms with Gasteiger partial charge in [-0.2, -0.15) is 5.26 Å². The maximum absolute atomic E-state index is 8.72. The van der Waals surface area contributed by atoms with Crippen LogP contribution in [0.25, 0.3) is 0 Å². The molecule has 3 nitrogen and oxygen atoms in total. The van der Waals surface area contributed by atoms with E-state index in [-0.39, 0.29) is 0 Å². The summed E-state index contributed by atoms with van der Waals surface area (Å²) in [5, 5.41) is 8.72. The molecule has 1 aromatic rings. The second-order valence-corrected chi connectivity index (χ2v) is 4.20. The van der Waals surface area contributed by atoms with Gasteiger partial charge in [0.15, 0.2) is 0 Å². The fourth-order valence-electron chi connectivity index (χ4n) is 1.92. The van der Waals surface area contributed by atoms with E-state index in [1.165, 1.54) is 5.56 Å². The van der Waals surface area contributed by atoms with Crippen LogP contribution in [-0.4, -0.2) is 30.7 Å². The van der Waals surface area contributed by atoms with Gasteiger partial charge in [-0.05, 0) is 24.6 Å². The van der Waals surface area contributed by atoms with Crippen molar-refractivity contribution in [2.75, 3.05) is 19.8 Å². The molecule has 0 bridgehead atoms. The lowest BCUT2D eigenvalue weighted by Gasteiger charge is -2.33. The summed E-state index contributed by atoms with van der Waals surface area (Å²) >= 11 is 0. The third-order valence-corrected chi connectivity index (χ3v) is 2.97. The molecule has 1 atom stereocenters. The SMILES string of the molecule is CC1COCCN1Cc1ccc(C#N)cc1. The first-order valence-corrected chi connectivity index (χ1v) is 5.60. The lowest BCUT2D eigenvalue weighted by molar-refractivity contribution is -0.00436. The zero-order valence-electron chi connectivity index (χ0n) is 9.52. The van der Waals surface area contributed by atoms with Gasteiger partial charge in [-0.15, -0.1) is 0 Å². The maximum Gasteiger partial charge on any atom is 0.0991 e. The van der Waals surface area contributed by atoms with Crippen LogP contribution in [0.2, 0.25) is 0 Å². The van der Waals surface area contributed by atoms with Gasteiger partial charge in [-0.1, -0.05) is 12.1 Å². The van der Waals surface area contributed by atoms with Gasteiger partial charge in [0.1, 0.15) is 0 Å². The lowest BCUT2D eigenvalue weighted by Crippen LogP contribution is -2.42. The minimum Gasteiger partial charge on any atom is -0.379 e. The number of rotatable bonds is 2. The second-order valence-electron chi connectivity index (χ2n) is 4.20. The van der Waals surface area contributed by atoms with Crippen LogP contribution in [0.3, 0.4) is 0 Å². The van der Waals surface area contributed by atoms with Crippen molar-refractivity contribution in [3.05, 3.63) is 35.4 Å². The number of nitriles is 1. The van der Waals surface area contributed by atoms with Gasteiger partial charge in [0, 0.05) is 19.1 Å². The van der Waals surface area contributed by atoms with E-state index >= 15 is 0 Å². The van der Waals surface area contributed by atoms with Crippen LogP contribution in [0.4, 0.5) is 0 Å². The van der Waals surface area contributed by atoms with Crippen molar-refractivity contribution in [1.29, 1.82) is 5.26 Å². The molecule has 0 aromatic heterocycles. The minimum atomic E-state index is 0.476. The molecule has 1 heterocycles. The minimum absolute atomic E-state index is 0.476. The zero-order valence-corrected chi connectivity index (χ0v) is 9.52. The van der Waals surface area contributed by atoms with Crippen LogP contribution in [0.5, 0.6) is 0 Å². The lowest BCUT2D eigenvalue weighted by atomic mass is 10.1. The molecule has 1 aromatic carbocycles. The van der Waals surface area contributed by atoms with Gasteiger partial charge >= 0.3 is 0 Å². The molecular weight excluding hydrogens is 200 g/mol. The highest BCUT2D eigenvalue weighted by Crippen LogP contribution is 2.12. The number of benzene rings is 1. The fraction of sp³-hybridized carbons (Fsp3) is 0.462. The summed E-state index contributed by atoms with van der Waals surface area (Å²) in [5.41, 5.74) is 1.98. The van der Waals surface area contributed by atoms with Crippen molar-refractivity contribution in [1.82, 2.24) is 4.90 Å². The zero-order chi connectivity index (χ0) is 11.4. The Labute approximate surface area is 96.2 Å². The Morgan fingerprint density at radius 1 is 1.44 bits per heavy atom. The summed E-state index contributed by atoms with van der Waals surface area (Å²) in [7, 11) is 0. The predicted octanol–water partition coefficient (Wildman–Crippen LogP) is 1.78. The second kappa shape index (κ2) is 5.11. The molecule has 1 saturated heterocycles. The Kier molecular flexibility index (Phi) is 3.55. The molecule has 16 heavy (non-hydrogen) atoms. The van der Waals surface area contributed by atoms with E-state index in [4.69, 9.17) is 10.00 Å². The third kappa shape index (κ3) is 2.60. The molecular formula is C13H16N2O. The van der Waals surface area contributed by atoms with E-state index < -0.39 is 0 Å².